The molecule has 2 aromatic rings. The second kappa shape index (κ2) is 6.37. The molecule has 0 fully saturated rings. The van der Waals surface area contributed by atoms with E-state index in [2.05, 4.69) is 4.72 Å². The summed E-state index contributed by atoms with van der Waals surface area (Å²) in [6.45, 7) is 2.49. The summed E-state index contributed by atoms with van der Waals surface area (Å²) in [6.07, 6.45) is 0. The van der Waals surface area contributed by atoms with Crippen LogP contribution in [0.4, 0.5) is 8.78 Å². The van der Waals surface area contributed by atoms with Crippen molar-refractivity contribution in [2.75, 3.05) is 13.2 Å². The van der Waals surface area contributed by atoms with Crippen LogP contribution in [0.25, 0.3) is 0 Å². The van der Waals surface area contributed by atoms with Gasteiger partial charge < -0.3 is 9.47 Å². The number of halogens is 2. The lowest BCUT2D eigenvalue weighted by atomic mass is 10.1. The Morgan fingerprint density at radius 3 is 2.46 bits per heavy atom. The van der Waals surface area contributed by atoms with Crippen LogP contribution in [-0.2, 0) is 10.0 Å². The highest BCUT2D eigenvalue weighted by molar-refractivity contribution is 7.89. The molecule has 0 saturated heterocycles. The molecule has 0 bridgehead atoms. The van der Waals surface area contributed by atoms with E-state index >= 15 is 0 Å². The lowest BCUT2D eigenvalue weighted by molar-refractivity contribution is 0.171. The van der Waals surface area contributed by atoms with E-state index in [1.807, 2.05) is 0 Å². The van der Waals surface area contributed by atoms with Crippen molar-refractivity contribution < 1.29 is 26.7 Å². The molecule has 24 heavy (non-hydrogen) atoms. The van der Waals surface area contributed by atoms with Crippen LogP contribution in [0.2, 0.25) is 0 Å². The monoisotopic (exact) mass is 355 g/mol. The van der Waals surface area contributed by atoms with Crippen molar-refractivity contribution in [1.29, 1.82) is 0 Å². The summed E-state index contributed by atoms with van der Waals surface area (Å²) in [5, 5.41) is 0. The average molecular weight is 355 g/mol. The molecule has 2 aromatic carbocycles. The van der Waals surface area contributed by atoms with E-state index in [9.17, 15) is 17.2 Å². The maximum Gasteiger partial charge on any atom is 0.244 e. The molecule has 0 amide bonds. The van der Waals surface area contributed by atoms with Gasteiger partial charge in [-0.05, 0) is 36.8 Å². The van der Waals surface area contributed by atoms with Gasteiger partial charge in [-0.3, -0.25) is 0 Å². The van der Waals surface area contributed by atoms with Gasteiger partial charge >= 0.3 is 0 Å². The summed E-state index contributed by atoms with van der Waals surface area (Å²) in [5.74, 6) is -0.870. The fourth-order valence-corrected chi connectivity index (χ4v) is 3.68. The van der Waals surface area contributed by atoms with Crippen LogP contribution in [0, 0.1) is 11.6 Å². The number of rotatable bonds is 4. The molecule has 1 aliphatic rings. The highest BCUT2D eigenvalue weighted by atomic mass is 32.2. The number of ether oxygens (including phenoxy) is 2. The van der Waals surface area contributed by atoms with Gasteiger partial charge in [0.2, 0.25) is 10.0 Å². The van der Waals surface area contributed by atoms with E-state index in [1.54, 1.807) is 25.1 Å². The van der Waals surface area contributed by atoms with Crippen molar-refractivity contribution in [3.05, 3.63) is 53.6 Å². The van der Waals surface area contributed by atoms with E-state index in [0.717, 1.165) is 12.1 Å². The Kier molecular flexibility index (Phi) is 4.42. The third-order valence-electron chi connectivity index (χ3n) is 3.58. The standard InChI is InChI=1S/C16H15F2NO4S/c1-10(11-2-4-14-15(8-11)23-7-6-22-14)19-24(20,21)16-5-3-12(17)9-13(16)18/h2-5,8-10,19H,6-7H2,1H3/t10-/m0/s1. The van der Waals surface area contributed by atoms with Crippen molar-refractivity contribution in [2.45, 2.75) is 17.9 Å². The topological polar surface area (TPSA) is 64.6 Å². The molecule has 5 nitrogen and oxygen atoms in total. The average Bonchev–Trinajstić information content (AvgIpc) is 2.53. The first-order valence-electron chi connectivity index (χ1n) is 7.24. The number of benzene rings is 2. The van der Waals surface area contributed by atoms with Gasteiger partial charge in [0, 0.05) is 12.1 Å². The van der Waals surface area contributed by atoms with Gasteiger partial charge in [0.1, 0.15) is 29.7 Å². The first-order chi connectivity index (χ1) is 11.4. The smallest absolute Gasteiger partial charge is 0.244 e. The van der Waals surface area contributed by atoms with E-state index in [-0.39, 0.29) is 0 Å². The Hall–Kier alpha value is -2.19. The zero-order valence-corrected chi connectivity index (χ0v) is 13.6. The minimum Gasteiger partial charge on any atom is -0.486 e. The van der Waals surface area contributed by atoms with Gasteiger partial charge in [-0.2, -0.15) is 0 Å². The largest absolute Gasteiger partial charge is 0.486 e. The quantitative estimate of drug-likeness (QED) is 0.916. The summed E-state index contributed by atoms with van der Waals surface area (Å²) in [4.78, 5) is -0.603. The maximum atomic E-state index is 13.7. The Morgan fingerprint density at radius 1 is 1.04 bits per heavy atom. The molecule has 0 saturated carbocycles. The minimum absolute atomic E-state index is 0.414. The molecule has 1 atom stereocenters. The van der Waals surface area contributed by atoms with E-state index < -0.39 is 32.6 Å². The van der Waals surface area contributed by atoms with Crippen LogP contribution in [0.1, 0.15) is 18.5 Å². The Morgan fingerprint density at radius 2 is 1.75 bits per heavy atom. The number of nitrogens with one attached hydrogen (secondary N) is 1. The molecular formula is C16H15F2NO4S. The Bertz CT molecular complexity index is 870. The van der Waals surface area contributed by atoms with Gasteiger partial charge in [0.15, 0.2) is 11.5 Å². The number of fused-ring (bicyclic) bond motifs is 1. The Labute approximate surface area is 138 Å². The number of sulfonamides is 1. The fraction of sp³-hybridized carbons (Fsp3) is 0.250. The predicted octanol–water partition coefficient (Wildman–Crippen LogP) is 2.78. The lowest BCUT2D eigenvalue weighted by Gasteiger charge is -2.21. The maximum absolute atomic E-state index is 13.7. The Balaban J connectivity index is 1.84. The second-order valence-corrected chi connectivity index (χ2v) is 7.00. The molecule has 0 unspecified atom stereocenters. The van der Waals surface area contributed by atoms with E-state index in [0.29, 0.717) is 36.3 Å². The van der Waals surface area contributed by atoms with Crippen LogP contribution >= 0.6 is 0 Å². The summed E-state index contributed by atoms with van der Waals surface area (Å²) in [5.41, 5.74) is 0.630. The molecule has 0 aromatic heterocycles. The summed E-state index contributed by atoms with van der Waals surface area (Å²) < 4.78 is 64.5. The third-order valence-corrected chi connectivity index (χ3v) is 5.16. The zero-order valence-electron chi connectivity index (χ0n) is 12.8. The van der Waals surface area contributed by atoms with Crippen LogP contribution in [0.5, 0.6) is 11.5 Å². The van der Waals surface area contributed by atoms with Gasteiger partial charge in [-0.15, -0.1) is 0 Å². The first kappa shape index (κ1) is 16.7. The summed E-state index contributed by atoms with van der Waals surface area (Å²) in [7, 11) is -4.14. The van der Waals surface area contributed by atoms with Crippen LogP contribution in [0.15, 0.2) is 41.3 Å². The van der Waals surface area contributed by atoms with Crippen molar-refractivity contribution in [3.63, 3.8) is 0 Å². The van der Waals surface area contributed by atoms with Gasteiger partial charge in [-0.1, -0.05) is 6.07 Å². The molecule has 8 heteroatoms. The SMILES string of the molecule is C[C@H](NS(=O)(=O)c1ccc(F)cc1F)c1ccc2c(c1)OCCO2. The highest BCUT2D eigenvalue weighted by Gasteiger charge is 2.23. The summed E-state index contributed by atoms with van der Waals surface area (Å²) >= 11 is 0. The van der Waals surface area contributed by atoms with Gasteiger partial charge in [-0.25, -0.2) is 21.9 Å². The van der Waals surface area contributed by atoms with Gasteiger partial charge in [0.05, 0.1) is 0 Å². The molecule has 0 radical (unpaired) electrons. The molecule has 0 spiro atoms. The molecule has 1 aliphatic heterocycles. The molecule has 128 valence electrons. The number of hydrogen-bond acceptors (Lipinski definition) is 4. The predicted molar refractivity (Wildman–Crippen MR) is 82.5 cm³/mol. The van der Waals surface area contributed by atoms with Crippen LogP contribution in [0.3, 0.4) is 0 Å². The van der Waals surface area contributed by atoms with Gasteiger partial charge in [0.25, 0.3) is 0 Å². The minimum atomic E-state index is -4.14. The van der Waals surface area contributed by atoms with Crippen molar-refractivity contribution in [1.82, 2.24) is 4.72 Å². The first-order valence-corrected chi connectivity index (χ1v) is 8.72. The molecule has 1 N–H and O–H groups in total. The highest BCUT2D eigenvalue weighted by Crippen LogP contribution is 2.33. The molecule has 3 rings (SSSR count). The van der Waals surface area contributed by atoms with E-state index in [4.69, 9.17) is 9.47 Å². The van der Waals surface area contributed by atoms with Crippen molar-refractivity contribution in [2.24, 2.45) is 0 Å². The normalized spacial score (nSPS) is 15.1. The lowest BCUT2D eigenvalue weighted by Crippen LogP contribution is -2.28. The van der Waals surface area contributed by atoms with E-state index in [1.165, 1.54) is 0 Å². The molecule has 0 aliphatic carbocycles. The molecular weight excluding hydrogens is 340 g/mol. The second-order valence-electron chi connectivity index (χ2n) is 5.32. The van der Waals surface area contributed by atoms with Crippen LogP contribution < -0.4 is 14.2 Å². The van der Waals surface area contributed by atoms with Crippen LogP contribution in [-0.4, -0.2) is 21.6 Å². The number of hydrogen-bond donors (Lipinski definition) is 1. The fourth-order valence-electron chi connectivity index (χ4n) is 2.39. The third kappa shape index (κ3) is 3.34. The van der Waals surface area contributed by atoms with Crippen molar-refractivity contribution in [3.8, 4) is 11.5 Å². The molecule has 1 heterocycles. The zero-order chi connectivity index (χ0) is 17.3. The van der Waals surface area contributed by atoms with Crippen molar-refractivity contribution >= 4 is 10.0 Å². The summed E-state index contributed by atoms with van der Waals surface area (Å²) in [6, 6.07) is 6.73.